The zero-order valence-electron chi connectivity index (χ0n) is 12.2. The summed E-state index contributed by atoms with van der Waals surface area (Å²) in [4.78, 5) is 4.34. The van der Waals surface area contributed by atoms with Gasteiger partial charge in [-0.2, -0.15) is 0 Å². The highest BCUT2D eigenvalue weighted by Gasteiger charge is 2.10. The molecular formula is C18H22N2. The summed E-state index contributed by atoms with van der Waals surface area (Å²) in [5.41, 5.74) is 4.21. The van der Waals surface area contributed by atoms with Gasteiger partial charge < -0.3 is 4.57 Å². The third-order valence-corrected chi connectivity index (χ3v) is 2.60. The summed E-state index contributed by atoms with van der Waals surface area (Å²) in [6.07, 6.45) is 8.73. The van der Waals surface area contributed by atoms with Gasteiger partial charge in [-0.15, -0.1) is 13.2 Å². The van der Waals surface area contributed by atoms with E-state index >= 15 is 0 Å². The number of rotatable bonds is 3. The van der Waals surface area contributed by atoms with Crippen molar-refractivity contribution in [2.24, 2.45) is 7.05 Å². The van der Waals surface area contributed by atoms with Crippen LogP contribution in [0.5, 0.6) is 0 Å². The minimum Gasteiger partial charge on any atom is -0.342 e. The van der Waals surface area contributed by atoms with Crippen LogP contribution in [0.15, 0.2) is 70.0 Å². The van der Waals surface area contributed by atoms with Gasteiger partial charge in [0.25, 0.3) is 0 Å². The first-order valence-electron chi connectivity index (χ1n) is 6.13. The minimum atomic E-state index is 0.986. The Morgan fingerprint density at radius 2 is 1.65 bits per heavy atom. The first-order valence-corrected chi connectivity index (χ1v) is 6.13. The lowest BCUT2D eigenvalue weighted by Crippen LogP contribution is -1.90. The van der Waals surface area contributed by atoms with Gasteiger partial charge in [0.05, 0.1) is 11.0 Å². The summed E-state index contributed by atoms with van der Waals surface area (Å²) < 4.78 is 2.08. The first-order chi connectivity index (χ1) is 9.71. The van der Waals surface area contributed by atoms with E-state index in [-0.39, 0.29) is 0 Å². The molecule has 0 unspecified atom stereocenters. The highest BCUT2D eigenvalue weighted by atomic mass is 15.0. The van der Waals surface area contributed by atoms with Crippen LogP contribution in [-0.4, -0.2) is 9.55 Å². The summed E-state index contributed by atoms with van der Waals surface area (Å²) in [6.45, 7) is 20.3. The number of allylic oxidation sites excluding steroid dienone is 2. The second kappa shape index (κ2) is 9.34. The molecule has 0 aliphatic heterocycles. The Morgan fingerprint density at radius 1 is 1.05 bits per heavy atom. The SMILES string of the molecule is C=C.C=CC=C.C=Cc1c(C=C)n(C)c2cccnc12. The molecule has 0 aromatic carbocycles. The largest absolute Gasteiger partial charge is 0.342 e. The number of aromatic nitrogens is 2. The van der Waals surface area contributed by atoms with Crippen molar-refractivity contribution in [2.45, 2.75) is 0 Å². The van der Waals surface area contributed by atoms with Crippen molar-refractivity contribution in [3.63, 3.8) is 0 Å². The number of nitrogens with zero attached hydrogens (tertiary/aromatic N) is 2. The average molecular weight is 266 g/mol. The average Bonchev–Trinajstić information content (AvgIpc) is 2.81. The smallest absolute Gasteiger partial charge is 0.0959 e. The molecule has 0 saturated heterocycles. The predicted octanol–water partition coefficient (Wildman–Crippen LogP) is 5.02. The van der Waals surface area contributed by atoms with Gasteiger partial charge in [-0.3, -0.25) is 4.98 Å². The molecule has 0 aliphatic carbocycles. The second-order valence-corrected chi connectivity index (χ2v) is 3.61. The molecule has 0 N–H and O–H groups in total. The van der Waals surface area contributed by atoms with Gasteiger partial charge in [-0.1, -0.05) is 44.5 Å². The highest BCUT2D eigenvalue weighted by Crippen LogP contribution is 2.24. The van der Waals surface area contributed by atoms with E-state index in [9.17, 15) is 0 Å². The lowest BCUT2D eigenvalue weighted by atomic mass is 10.2. The zero-order chi connectivity index (χ0) is 15.5. The molecule has 2 heteroatoms. The van der Waals surface area contributed by atoms with Crippen LogP contribution in [0.2, 0.25) is 0 Å². The number of fused-ring (bicyclic) bond motifs is 1. The fraction of sp³-hybridized carbons (Fsp3) is 0.0556. The molecule has 0 amide bonds. The van der Waals surface area contributed by atoms with Crippen molar-refractivity contribution >= 4 is 23.2 Å². The summed E-state index contributed by atoms with van der Waals surface area (Å²) in [7, 11) is 2.01. The molecule has 0 aliphatic rings. The van der Waals surface area contributed by atoms with Gasteiger partial charge in [0.2, 0.25) is 0 Å². The Balaban J connectivity index is 0.000000521. The molecular weight excluding hydrogens is 244 g/mol. The molecule has 0 saturated carbocycles. The maximum atomic E-state index is 4.34. The molecule has 2 aromatic heterocycles. The normalized spacial score (nSPS) is 8.45. The van der Waals surface area contributed by atoms with E-state index in [1.54, 1.807) is 18.3 Å². The van der Waals surface area contributed by atoms with Crippen LogP contribution in [-0.2, 0) is 7.05 Å². The van der Waals surface area contributed by atoms with Gasteiger partial charge >= 0.3 is 0 Å². The number of hydrogen-bond acceptors (Lipinski definition) is 1. The topological polar surface area (TPSA) is 17.8 Å². The third kappa shape index (κ3) is 3.69. The fourth-order valence-electron chi connectivity index (χ4n) is 1.75. The maximum absolute atomic E-state index is 4.34. The van der Waals surface area contributed by atoms with Crippen LogP contribution in [0.4, 0.5) is 0 Å². The van der Waals surface area contributed by atoms with Gasteiger partial charge in [0, 0.05) is 24.5 Å². The summed E-state index contributed by atoms with van der Waals surface area (Å²) in [6, 6.07) is 3.98. The lowest BCUT2D eigenvalue weighted by Gasteiger charge is -1.97. The summed E-state index contributed by atoms with van der Waals surface area (Å²) in [5.74, 6) is 0. The number of pyridine rings is 1. The van der Waals surface area contributed by atoms with Crippen molar-refractivity contribution in [3.05, 3.63) is 81.2 Å². The van der Waals surface area contributed by atoms with Gasteiger partial charge in [0.15, 0.2) is 0 Å². The van der Waals surface area contributed by atoms with Crippen molar-refractivity contribution in [2.75, 3.05) is 0 Å². The number of aryl methyl sites for hydroxylation is 1. The Bertz CT molecular complexity index is 597. The van der Waals surface area contributed by atoms with E-state index in [2.05, 4.69) is 49.0 Å². The monoisotopic (exact) mass is 266 g/mol. The van der Waals surface area contributed by atoms with Gasteiger partial charge in [-0.05, 0) is 18.2 Å². The maximum Gasteiger partial charge on any atom is 0.0959 e. The van der Waals surface area contributed by atoms with E-state index in [0.717, 1.165) is 22.3 Å². The van der Waals surface area contributed by atoms with Crippen molar-refractivity contribution in [3.8, 4) is 0 Å². The molecule has 0 radical (unpaired) electrons. The molecule has 104 valence electrons. The Hall–Kier alpha value is -2.61. The second-order valence-electron chi connectivity index (χ2n) is 3.61. The van der Waals surface area contributed by atoms with Crippen molar-refractivity contribution in [1.29, 1.82) is 0 Å². The summed E-state index contributed by atoms with van der Waals surface area (Å²) >= 11 is 0. The standard InChI is InChI=1S/C12H12N2.C4H6.C2H4/c1-4-9-10(5-2)14(3)11-7-6-8-13-12(9)11;1-3-4-2;1-2/h4-8H,1-2H2,3H3;3-4H,1-2H2;1-2H2. The fourth-order valence-corrected chi connectivity index (χ4v) is 1.75. The van der Waals surface area contributed by atoms with E-state index in [1.165, 1.54) is 0 Å². The third-order valence-electron chi connectivity index (χ3n) is 2.60. The molecule has 2 nitrogen and oxygen atoms in total. The molecule has 2 aromatic rings. The first kappa shape index (κ1) is 17.4. The summed E-state index contributed by atoms with van der Waals surface area (Å²) in [5, 5.41) is 0. The van der Waals surface area contributed by atoms with Crippen LogP contribution in [0.25, 0.3) is 23.2 Å². The van der Waals surface area contributed by atoms with Crippen LogP contribution >= 0.6 is 0 Å². The zero-order valence-corrected chi connectivity index (χ0v) is 12.2. The Labute approximate surface area is 121 Å². The highest BCUT2D eigenvalue weighted by molar-refractivity contribution is 5.90. The molecule has 0 spiro atoms. The molecule has 0 bridgehead atoms. The van der Waals surface area contributed by atoms with Crippen molar-refractivity contribution < 1.29 is 0 Å². The molecule has 2 heterocycles. The van der Waals surface area contributed by atoms with Gasteiger partial charge in [0.1, 0.15) is 0 Å². The number of hydrogen-bond donors (Lipinski definition) is 0. The van der Waals surface area contributed by atoms with Gasteiger partial charge in [-0.25, -0.2) is 0 Å². The predicted molar refractivity (Wildman–Crippen MR) is 92.5 cm³/mol. The Morgan fingerprint density at radius 3 is 2.10 bits per heavy atom. The molecule has 20 heavy (non-hydrogen) atoms. The van der Waals surface area contributed by atoms with E-state index in [4.69, 9.17) is 0 Å². The van der Waals surface area contributed by atoms with Crippen molar-refractivity contribution in [1.82, 2.24) is 9.55 Å². The van der Waals surface area contributed by atoms with E-state index in [1.807, 2.05) is 31.3 Å². The minimum absolute atomic E-state index is 0.986. The van der Waals surface area contributed by atoms with E-state index < -0.39 is 0 Å². The molecule has 0 atom stereocenters. The lowest BCUT2D eigenvalue weighted by molar-refractivity contribution is 0.953. The molecule has 0 fully saturated rings. The molecule has 2 rings (SSSR count). The van der Waals surface area contributed by atoms with Crippen LogP contribution in [0.1, 0.15) is 11.3 Å². The van der Waals surface area contributed by atoms with E-state index in [0.29, 0.717) is 0 Å². The van der Waals surface area contributed by atoms with Crippen LogP contribution in [0.3, 0.4) is 0 Å². The quantitative estimate of drug-likeness (QED) is 0.563. The van der Waals surface area contributed by atoms with Crippen LogP contribution < -0.4 is 0 Å². The van der Waals surface area contributed by atoms with Crippen LogP contribution in [0, 0.1) is 0 Å². The Kier molecular flexibility index (Phi) is 8.12.